The van der Waals surface area contributed by atoms with Crippen molar-refractivity contribution in [2.45, 2.75) is 107 Å². The topological polar surface area (TPSA) is 18.5 Å². The largest absolute Gasteiger partial charge is 0.457 e. The molecule has 2 aromatic rings. The maximum absolute atomic E-state index is 6.53. The van der Waals surface area contributed by atoms with Gasteiger partial charge in [0.1, 0.15) is 11.5 Å². The summed E-state index contributed by atoms with van der Waals surface area (Å²) < 4.78 is 13.1. The van der Waals surface area contributed by atoms with E-state index in [-0.39, 0.29) is 6.79 Å². The summed E-state index contributed by atoms with van der Waals surface area (Å²) in [6, 6.07) is 0. The Hall–Kier alpha value is -1.96. The summed E-state index contributed by atoms with van der Waals surface area (Å²) in [6.45, 7) is 29.1. The molecule has 0 N–H and O–H groups in total. The molecule has 8 atom stereocenters. The van der Waals surface area contributed by atoms with Gasteiger partial charge in [-0.1, -0.05) is 55.4 Å². The van der Waals surface area contributed by atoms with E-state index in [0.29, 0.717) is 47.3 Å². The summed E-state index contributed by atoms with van der Waals surface area (Å²) in [5, 5.41) is 0. The van der Waals surface area contributed by atoms with Crippen LogP contribution in [0.3, 0.4) is 0 Å². The SMILES string of the molecule is Cc1c(C)c2c(c3c1OCOc1c(C)c(C)c4c(c1-3)C(C)C(C)C(C)C4C)C(C)C(C)C(C)C2C. The maximum Gasteiger partial charge on any atom is 0.230 e. The van der Waals surface area contributed by atoms with Crippen LogP contribution in [0, 0.1) is 51.4 Å². The average Bonchev–Trinajstić information content (AvgIpc) is 3.03. The predicted molar refractivity (Wildman–Crippen MR) is 147 cm³/mol. The maximum atomic E-state index is 6.53. The van der Waals surface area contributed by atoms with E-state index in [1.54, 1.807) is 11.1 Å². The van der Waals surface area contributed by atoms with Crippen molar-refractivity contribution in [3.8, 4) is 22.6 Å². The Labute approximate surface area is 213 Å². The Morgan fingerprint density at radius 3 is 1.03 bits per heavy atom. The molecular formula is C33H46O2. The Morgan fingerprint density at radius 2 is 0.714 bits per heavy atom. The van der Waals surface area contributed by atoms with Crippen LogP contribution < -0.4 is 9.47 Å². The van der Waals surface area contributed by atoms with Crippen LogP contribution in [0.25, 0.3) is 11.1 Å². The lowest BCUT2D eigenvalue weighted by molar-refractivity contribution is 0.123. The second kappa shape index (κ2) is 8.29. The first-order valence-corrected chi connectivity index (χ1v) is 14.0. The molecule has 2 aromatic carbocycles. The molecule has 0 aromatic heterocycles. The first kappa shape index (κ1) is 24.7. The number of ether oxygens (including phenoxy) is 2. The van der Waals surface area contributed by atoms with Crippen LogP contribution in [0.15, 0.2) is 0 Å². The number of hydrogen-bond acceptors (Lipinski definition) is 2. The molecule has 1 heterocycles. The van der Waals surface area contributed by atoms with Gasteiger partial charge >= 0.3 is 0 Å². The molecule has 0 amide bonds. The highest BCUT2D eigenvalue weighted by molar-refractivity contribution is 5.88. The van der Waals surface area contributed by atoms with Crippen molar-refractivity contribution >= 4 is 0 Å². The fourth-order valence-corrected chi connectivity index (χ4v) is 8.03. The zero-order chi connectivity index (χ0) is 25.7. The quantitative estimate of drug-likeness (QED) is 0.379. The predicted octanol–water partition coefficient (Wildman–Crippen LogP) is 9.30. The first-order chi connectivity index (χ1) is 16.4. The molecule has 3 aliphatic rings. The van der Waals surface area contributed by atoms with Crippen LogP contribution in [-0.2, 0) is 0 Å². The molecule has 5 rings (SSSR count). The van der Waals surface area contributed by atoms with Crippen molar-refractivity contribution in [1.82, 2.24) is 0 Å². The van der Waals surface area contributed by atoms with Gasteiger partial charge in [0.15, 0.2) is 0 Å². The van der Waals surface area contributed by atoms with Gasteiger partial charge < -0.3 is 9.47 Å². The third-order valence-electron chi connectivity index (χ3n) is 11.5. The molecule has 190 valence electrons. The lowest BCUT2D eigenvalue weighted by atomic mass is 9.60. The molecule has 2 nitrogen and oxygen atoms in total. The van der Waals surface area contributed by atoms with Gasteiger partial charge in [-0.2, -0.15) is 0 Å². The second-order valence-electron chi connectivity index (χ2n) is 12.6. The van der Waals surface area contributed by atoms with Gasteiger partial charge in [-0.15, -0.1) is 0 Å². The number of rotatable bonds is 0. The van der Waals surface area contributed by atoms with E-state index in [4.69, 9.17) is 9.47 Å². The number of fused-ring (bicyclic) bond motifs is 7. The first-order valence-electron chi connectivity index (χ1n) is 14.0. The van der Waals surface area contributed by atoms with Crippen molar-refractivity contribution in [2.24, 2.45) is 23.7 Å². The zero-order valence-corrected chi connectivity index (χ0v) is 24.1. The van der Waals surface area contributed by atoms with Gasteiger partial charge in [-0.05, 0) is 120 Å². The van der Waals surface area contributed by atoms with Gasteiger partial charge in [-0.3, -0.25) is 0 Å². The summed E-state index contributed by atoms with van der Waals surface area (Å²) in [5.74, 6) is 6.70. The van der Waals surface area contributed by atoms with Crippen LogP contribution in [-0.4, -0.2) is 6.79 Å². The molecule has 0 fully saturated rings. The highest BCUT2D eigenvalue weighted by atomic mass is 16.7. The molecule has 1 aliphatic heterocycles. The minimum absolute atomic E-state index is 0.282. The third kappa shape index (κ3) is 3.13. The van der Waals surface area contributed by atoms with Crippen molar-refractivity contribution in [2.75, 3.05) is 6.79 Å². The highest BCUT2D eigenvalue weighted by Crippen LogP contribution is 2.60. The van der Waals surface area contributed by atoms with E-state index >= 15 is 0 Å². The summed E-state index contributed by atoms with van der Waals surface area (Å²) in [7, 11) is 0. The molecule has 0 saturated carbocycles. The van der Waals surface area contributed by atoms with E-state index in [9.17, 15) is 0 Å². The van der Waals surface area contributed by atoms with Crippen molar-refractivity contribution in [3.05, 3.63) is 44.5 Å². The smallest absolute Gasteiger partial charge is 0.230 e. The van der Waals surface area contributed by atoms with E-state index in [2.05, 4.69) is 83.1 Å². The summed E-state index contributed by atoms with van der Waals surface area (Å²) in [4.78, 5) is 0. The molecule has 0 spiro atoms. The van der Waals surface area contributed by atoms with E-state index < -0.39 is 0 Å². The Bertz CT molecular complexity index is 1110. The Balaban J connectivity index is 2.00. The van der Waals surface area contributed by atoms with E-state index in [1.165, 1.54) is 44.5 Å². The number of benzene rings is 2. The molecule has 0 bridgehead atoms. The lowest BCUT2D eigenvalue weighted by Gasteiger charge is -2.44. The van der Waals surface area contributed by atoms with Gasteiger partial charge in [0, 0.05) is 11.1 Å². The van der Waals surface area contributed by atoms with Crippen LogP contribution in [0.5, 0.6) is 11.5 Å². The molecule has 2 aliphatic carbocycles. The van der Waals surface area contributed by atoms with Crippen molar-refractivity contribution in [3.63, 3.8) is 0 Å². The van der Waals surface area contributed by atoms with Crippen LogP contribution in [0.2, 0.25) is 0 Å². The number of hydrogen-bond donors (Lipinski definition) is 0. The Morgan fingerprint density at radius 1 is 0.429 bits per heavy atom. The zero-order valence-electron chi connectivity index (χ0n) is 24.1. The highest BCUT2D eigenvalue weighted by Gasteiger charge is 2.44. The van der Waals surface area contributed by atoms with E-state index in [1.807, 2.05) is 0 Å². The average molecular weight is 475 g/mol. The van der Waals surface area contributed by atoms with Crippen LogP contribution in [0.1, 0.15) is 124 Å². The van der Waals surface area contributed by atoms with Gasteiger partial charge in [0.2, 0.25) is 6.79 Å². The fourth-order valence-electron chi connectivity index (χ4n) is 8.03. The monoisotopic (exact) mass is 474 g/mol. The lowest BCUT2D eigenvalue weighted by Crippen LogP contribution is -2.31. The molecule has 0 saturated heterocycles. The van der Waals surface area contributed by atoms with Gasteiger partial charge in [0.05, 0.1) is 0 Å². The van der Waals surface area contributed by atoms with Crippen molar-refractivity contribution in [1.29, 1.82) is 0 Å². The van der Waals surface area contributed by atoms with Crippen molar-refractivity contribution < 1.29 is 9.47 Å². The summed E-state index contributed by atoms with van der Waals surface area (Å²) in [6.07, 6.45) is 0. The Kier molecular flexibility index (Phi) is 5.85. The van der Waals surface area contributed by atoms with E-state index in [0.717, 1.165) is 11.5 Å². The molecule has 0 radical (unpaired) electrons. The molecule has 8 unspecified atom stereocenters. The third-order valence-corrected chi connectivity index (χ3v) is 11.5. The standard InChI is InChI=1S/C33H46O2/c1-14-16(3)20(7)28-26(18(14)5)22(9)24(11)32-30(28)31-29-21(8)17(4)15(2)19(6)27(29)23(10)25(12)33(31)35-13-34-32/h14-21H,13H2,1-12H3. The fraction of sp³-hybridized carbons (Fsp3) is 0.636. The normalized spacial score (nSPS) is 33.5. The summed E-state index contributed by atoms with van der Waals surface area (Å²) >= 11 is 0. The second-order valence-corrected chi connectivity index (χ2v) is 12.6. The molecule has 35 heavy (non-hydrogen) atoms. The van der Waals surface area contributed by atoms with Gasteiger partial charge in [0.25, 0.3) is 0 Å². The van der Waals surface area contributed by atoms with Crippen LogP contribution in [0.4, 0.5) is 0 Å². The molecule has 2 heteroatoms. The van der Waals surface area contributed by atoms with Gasteiger partial charge in [-0.25, -0.2) is 0 Å². The minimum atomic E-state index is 0.282. The summed E-state index contributed by atoms with van der Waals surface area (Å²) in [5.41, 5.74) is 14.3. The van der Waals surface area contributed by atoms with Crippen LogP contribution >= 0.6 is 0 Å². The minimum Gasteiger partial charge on any atom is -0.457 e. The molecular weight excluding hydrogens is 428 g/mol.